The van der Waals surface area contributed by atoms with Crippen LogP contribution in [-0.2, 0) is 11.3 Å². The van der Waals surface area contributed by atoms with Gasteiger partial charge in [0.25, 0.3) is 0 Å². The van der Waals surface area contributed by atoms with E-state index in [1.807, 2.05) is 10.8 Å². The summed E-state index contributed by atoms with van der Waals surface area (Å²) >= 11 is 18.3. The van der Waals surface area contributed by atoms with E-state index < -0.39 is 5.97 Å². The van der Waals surface area contributed by atoms with E-state index in [1.54, 1.807) is 12.3 Å². The van der Waals surface area contributed by atoms with E-state index in [2.05, 4.69) is 4.98 Å². The molecule has 0 saturated carbocycles. The van der Waals surface area contributed by atoms with Crippen LogP contribution >= 0.6 is 34.8 Å². The van der Waals surface area contributed by atoms with Crippen LogP contribution in [-0.4, -0.2) is 21.2 Å². The summed E-state index contributed by atoms with van der Waals surface area (Å²) < 4.78 is 7.59. The van der Waals surface area contributed by atoms with Crippen molar-refractivity contribution in [1.29, 1.82) is 0 Å². The Balaban J connectivity index is 1.77. The lowest BCUT2D eigenvalue weighted by atomic mass is 10.2. The van der Waals surface area contributed by atoms with Gasteiger partial charge in [-0.25, -0.2) is 9.55 Å². The van der Waals surface area contributed by atoms with Gasteiger partial charge in [-0.2, -0.15) is 0 Å². The first-order valence-electron chi connectivity index (χ1n) is 8.25. The maximum absolute atomic E-state index is 10.5. The van der Waals surface area contributed by atoms with Crippen molar-refractivity contribution in [3.05, 3.63) is 39.6 Å². The molecule has 142 valence electrons. The van der Waals surface area contributed by atoms with Gasteiger partial charge in [-0.05, 0) is 18.9 Å². The fraction of sp³-hybridized carbons (Fsp3) is 0.278. The van der Waals surface area contributed by atoms with Gasteiger partial charge < -0.3 is 14.6 Å². The van der Waals surface area contributed by atoms with Crippen LogP contribution in [0.1, 0.15) is 25.7 Å². The number of carboxylic acid groups (broad SMARTS) is 1. The second kappa shape index (κ2) is 8.33. The van der Waals surface area contributed by atoms with Crippen molar-refractivity contribution in [3.63, 3.8) is 0 Å². The number of aryl methyl sites for hydroxylation is 1. The number of aromatic nitrogens is 2. The number of hydrogen-bond acceptors (Lipinski definition) is 4. The number of phenolic OH excluding ortho intramolecular Hbond substituents is 1. The number of benzene rings is 1. The number of hydrogen-bond donors (Lipinski definition) is 2. The Morgan fingerprint density at radius 3 is 2.67 bits per heavy atom. The van der Waals surface area contributed by atoms with Gasteiger partial charge >= 0.3 is 5.97 Å². The molecule has 0 radical (unpaired) electrons. The highest BCUT2D eigenvalue weighted by Gasteiger charge is 2.19. The SMILES string of the molecule is O=C(O)CCCCC[n+]1ccc(-c2nc3cc(Cl)c(O)c(Cl)c3o2)c(Cl)c1. The van der Waals surface area contributed by atoms with E-state index in [-0.39, 0.29) is 33.7 Å². The number of pyridine rings is 1. The van der Waals surface area contributed by atoms with Crippen molar-refractivity contribution in [2.45, 2.75) is 32.2 Å². The van der Waals surface area contributed by atoms with Crippen LogP contribution < -0.4 is 4.57 Å². The zero-order chi connectivity index (χ0) is 19.6. The molecular formula is C18H16Cl3N2O4+. The van der Waals surface area contributed by atoms with E-state index in [0.717, 1.165) is 19.4 Å². The average molecular weight is 431 g/mol. The Bertz CT molecular complexity index is 1000. The molecule has 0 aliphatic heterocycles. The molecule has 3 rings (SSSR count). The highest BCUT2D eigenvalue weighted by Crippen LogP contribution is 2.40. The maximum atomic E-state index is 10.5. The van der Waals surface area contributed by atoms with E-state index in [4.69, 9.17) is 44.3 Å². The highest BCUT2D eigenvalue weighted by atomic mass is 35.5. The molecule has 1 aromatic carbocycles. The zero-order valence-corrected chi connectivity index (χ0v) is 16.4. The van der Waals surface area contributed by atoms with Gasteiger partial charge in [-0.1, -0.05) is 34.8 Å². The number of fused-ring (bicyclic) bond motifs is 1. The Labute approximate surface area is 169 Å². The lowest BCUT2D eigenvalue weighted by Crippen LogP contribution is -2.32. The Morgan fingerprint density at radius 1 is 1.19 bits per heavy atom. The van der Waals surface area contributed by atoms with Gasteiger partial charge in [-0.3, -0.25) is 4.79 Å². The van der Waals surface area contributed by atoms with E-state index in [0.29, 0.717) is 22.5 Å². The standard InChI is InChI=1S/C18H15Cl3N2O4/c19-11-8-13-17(15(21)16(11)26)27-18(22-13)10-5-7-23(9-12(10)20)6-3-1-2-4-14(24)25/h5,7-9H,1-4,6H2,(H,24,25)/p+1. The third-order valence-electron chi connectivity index (χ3n) is 4.06. The molecule has 0 unspecified atom stereocenters. The van der Waals surface area contributed by atoms with Crippen LogP contribution in [0.25, 0.3) is 22.6 Å². The molecule has 0 amide bonds. The van der Waals surface area contributed by atoms with Crippen LogP contribution in [0, 0.1) is 0 Å². The van der Waals surface area contributed by atoms with Crippen molar-refractivity contribution in [2.75, 3.05) is 0 Å². The lowest BCUT2D eigenvalue weighted by molar-refractivity contribution is -0.697. The number of aliphatic carboxylic acids is 1. The van der Waals surface area contributed by atoms with Gasteiger partial charge in [0, 0.05) is 18.9 Å². The number of unbranched alkanes of at least 4 members (excludes halogenated alkanes) is 2. The fourth-order valence-corrected chi connectivity index (χ4v) is 3.42. The number of aromatic hydroxyl groups is 1. The van der Waals surface area contributed by atoms with Crippen molar-refractivity contribution >= 4 is 51.9 Å². The molecule has 3 aromatic rings. The monoisotopic (exact) mass is 429 g/mol. The third-order valence-corrected chi connectivity index (χ3v) is 5.00. The number of rotatable bonds is 7. The summed E-state index contributed by atoms with van der Waals surface area (Å²) in [6.45, 7) is 0.725. The number of halogens is 3. The van der Waals surface area contributed by atoms with Crippen LogP contribution in [0.2, 0.25) is 15.1 Å². The first-order valence-corrected chi connectivity index (χ1v) is 9.38. The maximum Gasteiger partial charge on any atom is 0.303 e. The first kappa shape index (κ1) is 19.7. The van der Waals surface area contributed by atoms with Crippen LogP contribution in [0.5, 0.6) is 5.75 Å². The summed E-state index contributed by atoms with van der Waals surface area (Å²) in [7, 11) is 0. The summed E-state index contributed by atoms with van der Waals surface area (Å²) in [5.41, 5.74) is 1.24. The molecular weight excluding hydrogens is 415 g/mol. The number of oxazole rings is 1. The topological polar surface area (TPSA) is 87.4 Å². The van der Waals surface area contributed by atoms with Crippen LogP contribution in [0.15, 0.2) is 28.9 Å². The minimum absolute atomic E-state index is 0.000251. The molecule has 9 heteroatoms. The van der Waals surface area contributed by atoms with E-state index in [1.165, 1.54) is 6.07 Å². The van der Waals surface area contributed by atoms with E-state index >= 15 is 0 Å². The molecule has 2 aromatic heterocycles. The van der Waals surface area contributed by atoms with Crippen molar-refractivity contribution in [1.82, 2.24) is 4.98 Å². The van der Waals surface area contributed by atoms with Gasteiger partial charge in [-0.15, -0.1) is 0 Å². The normalized spacial score (nSPS) is 11.2. The molecule has 0 aliphatic rings. The number of nitrogens with zero attached hydrogens (tertiary/aromatic N) is 2. The summed E-state index contributed by atoms with van der Waals surface area (Å²) in [6.07, 6.45) is 6.12. The molecule has 6 nitrogen and oxygen atoms in total. The Morgan fingerprint density at radius 2 is 1.96 bits per heavy atom. The predicted octanol–water partition coefficient (Wildman–Crippen LogP) is 5.09. The molecule has 0 spiro atoms. The quantitative estimate of drug-likeness (QED) is 0.402. The van der Waals surface area contributed by atoms with Crippen molar-refractivity contribution in [2.24, 2.45) is 0 Å². The largest absolute Gasteiger partial charge is 0.505 e. The van der Waals surface area contributed by atoms with Gasteiger partial charge in [0.1, 0.15) is 22.1 Å². The Hall–Kier alpha value is -2.02. The molecule has 27 heavy (non-hydrogen) atoms. The van der Waals surface area contributed by atoms with Crippen molar-refractivity contribution < 1.29 is 24.0 Å². The molecule has 0 bridgehead atoms. The van der Waals surface area contributed by atoms with Gasteiger partial charge in [0.2, 0.25) is 5.89 Å². The average Bonchev–Trinajstić information content (AvgIpc) is 3.03. The second-order valence-corrected chi connectivity index (χ2v) is 7.23. The molecule has 2 N–H and O–H groups in total. The first-order chi connectivity index (χ1) is 12.9. The Kier molecular flexibility index (Phi) is 6.09. The summed E-state index contributed by atoms with van der Waals surface area (Å²) in [5.74, 6) is -0.760. The number of phenols is 1. The lowest BCUT2D eigenvalue weighted by Gasteiger charge is -2.01. The molecule has 0 aliphatic carbocycles. The van der Waals surface area contributed by atoms with Crippen LogP contribution in [0.3, 0.4) is 0 Å². The minimum atomic E-state index is -0.775. The van der Waals surface area contributed by atoms with E-state index in [9.17, 15) is 9.90 Å². The number of carbonyl (C=O) groups is 1. The summed E-state index contributed by atoms with van der Waals surface area (Å²) in [4.78, 5) is 14.8. The molecule has 0 saturated heterocycles. The van der Waals surface area contributed by atoms with Crippen LogP contribution in [0.4, 0.5) is 0 Å². The second-order valence-electron chi connectivity index (χ2n) is 6.04. The zero-order valence-electron chi connectivity index (χ0n) is 14.1. The van der Waals surface area contributed by atoms with Gasteiger partial charge in [0.05, 0.1) is 10.6 Å². The molecule has 2 heterocycles. The summed E-state index contributed by atoms with van der Waals surface area (Å²) in [6, 6.07) is 3.25. The highest BCUT2D eigenvalue weighted by molar-refractivity contribution is 6.40. The smallest absolute Gasteiger partial charge is 0.303 e. The predicted molar refractivity (Wildman–Crippen MR) is 102 cm³/mol. The van der Waals surface area contributed by atoms with Crippen molar-refractivity contribution in [3.8, 4) is 17.2 Å². The third kappa shape index (κ3) is 4.46. The minimum Gasteiger partial charge on any atom is -0.505 e. The molecule has 0 fully saturated rings. The number of carboxylic acids is 1. The van der Waals surface area contributed by atoms with Gasteiger partial charge in [0.15, 0.2) is 23.7 Å². The fourth-order valence-electron chi connectivity index (χ4n) is 2.67. The summed E-state index contributed by atoms with van der Waals surface area (Å²) in [5, 5.41) is 19.0. The molecule has 0 atom stereocenters.